The zero-order valence-electron chi connectivity index (χ0n) is 17.7. The van der Waals surface area contributed by atoms with Gasteiger partial charge in [0.25, 0.3) is 0 Å². The number of rotatable bonds is 8. The van der Waals surface area contributed by atoms with Crippen molar-refractivity contribution in [3.63, 3.8) is 0 Å². The standard InChI is InChI=1S/C23H23FN4O4S/c24-21-9-20(6-5-16(21)10-25)32-15-23(12-27-18-7-19(29)8-18)13-28(14-23)33(30,31)22-4-2-1-3-17(22)11-26/h1-6,9,18-19,27,29H,7-8,12-15H2. The highest BCUT2D eigenvalue weighted by Gasteiger charge is 2.50. The molecule has 0 radical (unpaired) electrons. The van der Waals surface area contributed by atoms with Gasteiger partial charge in [0.15, 0.2) is 0 Å². The Morgan fingerprint density at radius 3 is 2.48 bits per heavy atom. The number of nitrogens with one attached hydrogen (secondary N) is 1. The summed E-state index contributed by atoms with van der Waals surface area (Å²) in [7, 11) is -3.86. The van der Waals surface area contributed by atoms with E-state index in [-0.39, 0.29) is 53.6 Å². The van der Waals surface area contributed by atoms with Crippen molar-refractivity contribution in [3.05, 3.63) is 59.4 Å². The van der Waals surface area contributed by atoms with Crippen LogP contribution in [0.15, 0.2) is 47.4 Å². The number of hydrogen-bond donors (Lipinski definition) is 2. The largest absolute Gasteiger partial charge is 0.493 e. The number of ether oxygens (including phenoxy) is 1. The van der Waals surface area contributed by atoms with Crippen LogP contribution < -0.4 is 10.1 Å². The quantitative estimate of drug-likeness (QED) is 0.602. The van der Waals surface area contributed by atoms with Crippen molar-refractivity contribution in [1.82, 2.24) is 9.62 Å². The van der Waals surface area contributed by atoms with Gasteiger partial charge in [0, 0.05) is 37.2 Å². The van der Waals surface area contributed by atoms with Gasteiger partial charge in [-0.1, -0.05) is 12.1 Å². The number of aliphatic hydroxyl groups is 1. The normalized spacial score (nSPS) is 21.8. The molecule has 2 fully saturated rings. The molecule has 0 unspecified atom stereocenters. The van der Waals surface area contributed by atoms with Gasteiger partial charge in [-0.05, 0) is 37.1 Å². The van der Waals surface area contributed by atoms with Gasteiger partial charge in [-0.15, -0.1) is 0 Å². The van der Waals surface area contributed by atoms with Crippen LogP contribution in [-0.4, -0.2) is 56.2 Å². The summed E-state index contributed by atoms with van der Waals surface area (Å²) in [5, 5.41) is 31.1. The van der Waals surface area contributed by atoms with Gasteiger partial charge in [-0.2, -0.15) is 14.8 Å². The Kier molecular flexibility index (Phi) is 6.37. The third-order valence-corrected chi connectivity index (χ3v) is 7.98. The lowest BCUT2D eigenvalue weighted by Crippen LogP contribution is -2.65. The molecule has 8 nitrogen and oxygen atoms in total. The van der Waals surface area contributed by atoms with Crippen LogP contribution in [0.2, 0.25) is 0 Å². The molecule has 1 saturated carbocycles. The molecule has 1 aliphatic heterocycles. The molecule has 2 aromatic rings. The van der Waals surface area contributed by atoms with E-state index in [1.165, 1.54) is 28.6 Å². The molecule has 33 heavy (non-hydrogen) atoms. The Labute approximate surface area is 191 Å². The number of sulfonamides is 1. The Bertz CT molecular complexity index is 1230. The zero-order valence-corrected chi connectivity index (χ0v) is 18.6. The van der Waals surface area contributed by atoms with Crippen molar-refractivity contribution in [2.75, 3.05) is 26.2 Å². The number of benzene rings is 2. The minimum absolute atomic E-state index is 0.0359. The van der Waals surface area contributed by atoms with Crippen molar-refractivity contribution in [2.45, 2.75) is 29.9 Å². The van der Waals surface area contributed by atoms with Crippen molar-refractivity contribution in [3.8, 4) is 17.9 Å². The van der Waals surface area contributed by atoms with Crippen LogP contribution in [-0.2, 0) is 10.0 Å². The summed E-state index contributed by atoms with van der Waals surface area (Å²) in [4.78, 5) is -0.0359. The second-order valence-corrected chi connectivity index (χ2v) is 10.5. The summed E-state index contributed by atoms with van der Waals surface area (Å²) in [6.07, 6.45) is 0.946. The summed E-state index contributed by atoms with van der Waals surface area (Å²) in [6, 6.07) is 13.9. The molecule has 4 rings (SSSR count). The third-order valence-electron chi connectivity index (χ3n) is 6.13. The number of halogens is 1. The van der Waals surface area contributed by atoms with Gasteiger partial charge >= 0.3 is 0 Å². The maximum absolute atomic E-state index is 13.9. The summed E-state index contributed by atoms with van der Waals surface area (Å²) >= 11 is 0. The van der Waals surface area contributed by atoms with Gasteiger partial charge < -0.3 is 15.2 Å². The van der Waals surface area contributed by atoms with E-state index in [1.807, 2.05) is 6.07 Å². The molecule has 10 heteroatoms. The Hall–Kier alpha value is -3.02. The van der Waals surface area contributed by atoms with E-state index in [0.717, 1.165) is 6.07 Å². The van der Waals surface area contributed by atoms with Crippen molar-refractivity contribution >= 4 is 10.0 Å². The van der Waals surface area contributed by atoms with E-state index < -0.39 is 21.3 Å². The van der Waals surface area contributed by atoms with Crippen LogP contribution >= 0.6 is 0 Å². The molecule has 2 N–H and O–H groups in total. The van der Waals surface area contributed by atoms with E-state index >= 15 is 0 Å². The zero-order chi connectivity index (χ0) is 23.6. The molecule has 2 aromatic carbocycles. The van der Waals surface area contributed by atoms with Crippen molar-refractivity contribution in [1.29, 1.82) is 10.5 Å². The van der Waals surface area contributed by atoms with E-state index in [0.29, 0.717) is 19.4 Å². The lowest BCUT2D eigenvalue weighted by Gasteiger charge is -2.50. The first-order valence-corrected chi connectivity index (χ1v) is 11.9. The lowest BCUT2D eigenvalue weighted by atomic mass is 9.81. The van der Waals surface area contributed by atoms with Crippen LogP contribution in [0, 0.1) is 33.9 Å². The molecule has 0 aromatic heterocycles. The molecule has 1 saturated heterocycles. The van der Waals surface area contributed by atoms with Crippen molar-refractivity contribution < 1.29 is 22.7 Å². The fourth-order valence-corrected chi connectivity index (χ4v) is 5.88. The van der Waals surface area contributed by atoms with E-state index in [4.69, 9.17) is 10.00 Å². The summed E-state index contributed by atoms with van der Waals surface area (Å²) < 4.78 is 47.3. The monoisotopic (exact) mass is 470 g/mol. The number of hydrogen-bond acceptors (Lipinski definition) is 7. The smallest absolute Gasteiger partial charge is 0.244 e. The predicted octanol–water partition coefficient (Wildman–Crippen LogP) is 1.75. The Morgan fingerprint density at radius 1 is 1.15 bits per heavy atom. The molecular weight excluding hydrogens is 447 g/mol. The number of nitrogens with zero attached hydrogens (tertiary/aromatic N) is 3. The van der Waals surface area contributed by atoms with Crippen LogP contribution in [0.1, 0.15) is 24.0 Å². The summed E-state index contributed by atoms with van der Waals surface area (Å²) in [5.41, 5.74) is -0.570. The highest BCUT2D eigenvalue weighted by atomic mass is 32.2. The maximum atomic E-state index is 13.9. The van der Waals surface area contributed by atoms with E-state index in [2.05, 4.69) is 5.32 Å². The molecule has 1 aliphatic carbocycles. The topological polar surface area (TPSA) is 126 Å². The maximum Gasteiger partial charge on any atom is 0.244 e. The molecule has 0 amide bonds. The lowest BCUT2D eigenvalue weighted by molar-refractivity contribution is 0.00346. The third kappa shape index (κ3) is 4.70. The number of aliphatic hydroxyl groups excluding tert-OH is 1. The molecular formula is C23H23FN4O4S. The van der Waals surface area contributed by atoms with Crippen molar-refractivity contribution in [2.24, 2.45) is 5.41 Å². The molecule has 1 heterocycles. The predicted molar refractivity (Wildman–Crippen MR) is 116 cm³/mol. The first-order valence-electron chi connectivity index (χ1n) is 10.5. The Balaban J connectivity index is 1.48. The Morgan fingerprint density at radius 2 is 1.85 bits per heavy atom. The van der Waals surface area contributed by atoms with Gasteiger partial charge in [0.05, 0.1) is 28.7 Å². The van der Waals surface area contributed by atoms with Gasteiger partial charge in [0.1, 0.15) is 23.7 Å². The minimum atomic E-state index is -3.86. The van der Waals surface area contributed by atoms with Gasteiger partial charge in [-0.25, -0.2) is 12.8 Å². The number of nitriles is 2. The molecule has 172 valence electrons. The molecule has 0 spiro atoms. The fraction of sp³-hybridized carbons (Fsp3) is 0.391. The van der Waals surface area contributed by atoms with E-state index in [1.54, 1.807) is 18.2 Å². The molecule has 0 atom stereocenters. The highest BCUT2D eigenvalue weighted by Crippen LogP contribution is 2.37. The van der Waals surface area contributed by atoms with Crippen LogP contribution in [0.5, 0.6) is 5.75 Å². The SMILES string of the molecule is N#Cc1ccc(OCC2(CNC3CC(O)C3)CN(S(=O)(=O)c3ccccc3C#N)C2)cc1F. The van der Waals surface area contributed by atoms with Crippen LogP contribution in [0.3, 0.4) is 0 Å². The first kappa shape index (κ1) is 23.1. The minimum Gasteiger partial charge on any atom is -0.493 e. The summed E-state index contributed by atoms with van der Waals surface area (Å²) in [5.74, 6) is -0.433. The average Bonchev–Trinajstić information content (AvgIpc) is 2.76. The second-order valence-electron chi connectivity index (χ2n) is 8.63. The van der Waals surface area contributed by atoms with Gasteiger partial charge in [-0.3, -0.25) is 0 Å². The van der Waals surface area contributed by atoms with Crippen LogP contribution in [0.25, 0.3) is 0 Å². The fourth-order valence-electron chi connectivity index (χ4n) is 4.08. The average molecular weight is 471 g/mol. The highest BCUT2D eigenvalue weighted by molar-refractivity contribution is 7.89. The first-order chi connectivity index (χ1) is 15.8. The van der Waals surface area contributed by atoms with Gasteiger partial charge in [0.2, 0.25) is 10.0 Å². The second kappa shape index (κ2) is 9.08. The van der Waals surface area contributed by atoms with E-state index in [9.17, 15) is 23.2 Å². The van der Waals surface area contributed by atoms with Crippen LogP contribution in [0.4, 0.5) is 4.39 Å². The summed E-state index contributed by atoms with van der Waals surface area (Å²) in [6.45, 7) is 0.911. The molecule has 0 bridgehead atoms. The molecule has 2 aliphatic rings.